The molecule has 0 spiro atoms. The summed E-state index contributed by atoms with van der Waals surface area (Å²) in [5.74, 6) is 5.15. The van der Waals surface area contributed by atoms with Crippen LogP contribution in [0.3, 0.4) is 0 Å². The van der Waals surface area contributed by atoms with E-state index in [0.717, 1.165) is 149 Å². The highest BCUT2D eigenvalue weighted by molar-refractivity contribution is 5.27. The van der Waals surface area contributed by atoms with Gasteiger partial charge in [0, 0.05) is 207 Å². The van der Waals surface area contributed by atoms with Crippen molar-refractivity contribution in [1.82, 2.24) is 100.0 Å². The molecule has 0 unspecified atom stereocenters. The second-order valence-electron chi connectivity index (χ2n) is 37.6. The summed E-state index contributed by atoms with van der Waals surface area (Å²) in [5.41, 5.74) is 19.0. The van der Waals surface area contributed by atoms with Crippen molar-refractivity contribution in [3.05, 3.63) is 160 Å². The molecule has 6 aromatic rings. The van der Waals surface area contributed by atoms with Crippen LogP contribution in [0.1, 0.15) is 309 Å². The van der Waals surface area contributed by atoms with E-state index in [9.17, 15) is 0 Å². The fraction of sp³-hybridized carbons (Fsp3) is 0.724. The molecular weight excluding hydrogens is 1470 g/mol. The number of benzene rings is 1. The Balaban J connectivity index is 0.000000186. The molecule has 5 aliphatic heterocycles. The number of unbranched alkanes of at least 4 members (excludes halogenated alkanes) is 4. The molecule has 1 aromatic carbocycles. The summed E-state index contributed by atoms with van der Waals surface area (Å²) in [6.07, 6.45) is 38.3. The normalized spacial score (nSPS) is 18.4. The maximum Gasteiger partial charge on any atom is 0.0594 e. The maximum absolute atomic E-state index is 5.48. The van der Waals surface area contributed by atoms with Crippen molar-refractivity contribution < 1.29 is 4.74 Å². The molecule has 5 saturated heterocycles. The van der Waals surface area contributed by atoms with Crippen molar-refractivity contribution in [2.75, 3.05) is 153 Å². The largest absolute Gasteiger partial charge is 0.379 e. The zero-order chi connectivity index (χ0) is 85.4. The number of aromatic nitrogens is 10. The van der Waals surface area contributed by atoms with Gasteiger partial charge in [0.05, 0.1) is 44.2 Å². The van der Waals surface area contributed by atoms with Gasteiger partial charge in [-0.15, -0.1) is 0 Å². The highest BCUT2D eigenvalue weighted by Crippen LogP contribution is 2.38. The van der Waals surface area contributed by atoms with E-state index in [1.165, 1.54) is 240 Å². The van der Waals surface area contributed by atoms with Crippen LogP contribution in [0.25, 0.3) is 0 Å². The van der Waals surface area contributed by atoms with Gasteiger partial charge in [0.2, 0.25) is 0 Å². The van der Waals surface area contributed by atoms with E-state index in [4.69, 9.17) is 4.74 Å². The van der Waals surface area contributed by atoms with Crippen molar-refractivity contribution in [1.29, 1.82) is 0 Å². The molecule has 21 nitrogen and oxygen atoms in total. The average Bonchev–Trinajstić information content (AvgIpc) is 1.76. The molecule has 1 aliphatic carbocycles. The summed E-state index contributed by atoms with van der Waals surface area (Å²) in [7, 11) is 11.1. The summed E-state index contributed by atoms with van der Waals surface area (Å²) < 4.78 is 5.48. The van der Waals surface area contributed by atoms with Gasteiger partial charge in [-0.05, 0) is 220 Å². The van der Waals surface area contributed by atoms with Gasteiger partial charge in [-0.1, -0.05) is 152 Å². The molecule has 0 atom stereocenters. The van der Waals surface area contributed by atoms with Crippen LogP contribution in [-0.2, 0) is 43.9 Å². The Morgan fingerprint density at radius 2 is 0.723 bits per heavy atom. The fourth-order valence-corrected chi connectivity index (χ4v) is 18.9. The van der Waals surface area contributed by atoms with Crippen molar-refractivity contribution in [3.63, 3.8) is 0 Å². The van der Waals surface area contributed by atoms with Crippen molar-refractivity contribution >= 4 is 0 Å². The van der Waals surface area contributed by atoms with Crippen LogP contribution in [0, 0.1) is 17.8 Å². The number of rotatable bonds is 40. The number of likely N-dealkylation sites (tertiary alicyclic amines) is 4. The summed E-state index contributed by atoms with van der Waals surface area (Å²) in [6, 6.07) is 11.4. The standard InChI is InChI=1S/C23H34N4.C20H36N4.C19H34N4.C18H32N4O.C18H34N4/c1-4-5-13-26(3)18-22-17-24-25-23(22)21-11-14-27(15-12-21)19(2)16-20-9-7-6-8-10-20;1-6-7-10-23(5)15-19-14-21-22-20(19)18-8-11-24(12-9-18)17(4)13-16(2)3;1-6-7-10-22(5)14-18-13-20-21-19(18)17-8-11-23(12-9-17)16(4)15(2)3;1-3-8-21(2)14-16-13-19-20-18(16)15-4-6-17(7-5-15)22-9-11-23-12-10-22;1-5-6-9-21(4)14-17-12-19-20-18(17)16-7-10-22(11-8-16)13-15(2)3/h6-10,17,21H,2,4-5,11-16,18H2,1,3H3,(H,24,25);14,16,18H,4,6-13,15H2,1-3,5H3,(H,21,22);13,15,17H,4,6-12,14H2,1-3,5H3,(H,20,21);13,15,17H,3-12,14H2,1-2H3,(H,19,20);12,15-16H,5-11,13-14H2,1-4H3,(H,19,20). The summed E-state index contributed by atoms with van der Waals surface area (Å²) in [5, 5.41) is 38.2. The Kier molecular flexibility index (Phi) is 44.1. The third kappa shape index (κ3) is 33.3. The van der Waals surface area contributed by atoms with Gasteiger partial charge < -0.3 is 48.8 Å². The Morgan fingerprint density at radius 3 is 1.05 bits per heavy atom. The first-order valence-electron chi connectivity index (χ1n) is 47.5. The predicted molar refractivity (Wildman–Crippen MR) is 498 cm³/mol. The molecule has 0 bridgehead atoms. The van der Waals surface area contributed by atoms with Crippen molar-refractivity contribution in [3.8, 4) is 0 Å². The molecule has 10 heterocycles. The van der Waals surface area contributed by atoms with Crippen LogP contribution in [0.15, 0.2) is 98.1 Å². The minimum atomic E-state index is 0.543. The van der Waals surface area contributed by atoms with E-state index < -0.39 is 0 Å². The minimum Gasteiger partial charge on any atom is -0.379 e. The Labute approximate surface area is 723 Å². The van der Waals surface area contributed by atoms with E-state index in [2.05, 4.69) is 261 Å². The van der Waals surface area contributed by atoms with Crippen LogP contribution in [0.2, 0.25) is 0 Å². The lowest BCUT2D eigenvalue weighted by Crippen LogP contribution is -2.44. The SMILES string of the molecule is C=C(C(C)C)N1CCC(c2[nH]ncc2CN(C)CCCC)CC1.C=C(CC(C)C)N1CCC(c2[nH]ncc2CN(C)CCCC)CC1.C=C(Cc1ccccc1)N1CCC(c2[nH]ncc2CN(C)CCCC)CC1.CCCCN(C)Cc1cn[nH]c1C1CCN(CC(C)C)CC1.CCCN(C)Cc1cn[nH]c1C1CCC(N2CCOCC2)CC1. The van der Waals surface area contributed by atoms with Crippen molar-refractivity contribution in [2.24, 2.45) is 17.8 Å². The van der Waals surface area contributed by atoms with E-state index in [1.807, 2.05) is 31.0 Å². The molecule has 5 aromatic heterocycles. The first-order valence-corrected chi connectivity index (χ1v) is 47.5. The lowest BCUT2D eigenvalue weighted by atomic mass is 9.82. The number of nitrogens with zero attached hydrogens (tertiary/aromatic N) is 15. The van der Waals surface area contributed by atoms with Gasteiger partial charge in [-0.3, -0.25) is 30.4 Å². The van der Waals surface area contributed by atoms with Crippen LogP contribution >= 0.6 is 0 Å². The van der Waals surface area contributed by atoms with E-state index in [-0.39, 0.29) is 0 Å². The molecule has 6 fully saturated rings. The maximum atomic E-state index is 5.48. The molecule has 6 aliphatic rings. The number of morpholine rings is 1. The number of ether oxygens (including phenoxy) is 1. The van der Waals surface area contributed by atoms with Gasteiger partial charge >= 0.3 is 0 Å². The van der Waals surface area contributed by atoms with Gasteiger partial charge in [0.25, 0.3) is 0 Å². The van der Waals surface area contributed by atoms with Gasteiger partial charge in [0.1, 0.15) is 0 Å². The summed E-state index contributed by atoms with van der Waals surface area (Å²) in [4.78, 5) is 24.7. The van der Waals surface area contributed by atoms with Gasteiger partial charge in [-0.2, -0.15) is 25.5 Å². The van der Waals surface area contributed by atoms with E-state index >= 15 is 0 Å². The van der Waals surface area contributed by atoms with Crippen LogP contribution in [-0.4, -0.2) is 259 Å². The number of nitrogens with one attached hydrogen (secondary N) is 5. The predicted octanol–water partition coefficient (Wildman–Crippen LogP) is 19.0. The van der Waals surface area contributed by atoms with Crippen LogP contribution in [0.4, 0.5) is 0 Å². The third-order valence-electron chi connectivity index (χ3n) is 26.0. The van der Waals surface area contributed by atoms with Crippen molar-refractivity contribution in [2.45, 2.75) is 292 Å². The van der Waals surface area contributed by atoms with Crippen LogP contribution in [0.5, 0.6) is 0 Å². The molecule has 1 saturated carbocycles. The molecule has 119 heavy (non-hydrogen) atoms. The smallest absolute Gasteiger partial charge is 0.0594 e. The average molecular weight is 1640 g/mol. The summed E-state index contributed by atoms with van der Waals surface area (Å²) in [6.45, 7) is 63.0. The van der Waals surface area contributed by atoms with Gasteiger partial charge in [-0.25, -0.2) is 0 Å². The molecule has 668 valence electrons. The number of H-pyrrole nitrogens is 5. The quantitative estimate of drug-likeness (QED) is 0.0244. The van der Waals surface area contributed by atoms with E-state index in [0.29, 0.717) is 41.4 Å². The summed E-state index contributed by atoms with van der Waals surface area (Å²) >= 11 is 0. The lowest BCUT2D eigenvalue weighted by Gasteiger charge is -2.38. The molecule has 0 radical (unpaired) electrons. The number of allylic oxidation sites excluding steroid dienone is 3. The molecule has 21 heteroatoms. The number of hydrogen-bond donors (Lipinski definition) is 5. The molecule has 5 N–H and O–H groups in total. The first kappa shape index (κ1) is 98.0. The number of piperidine rings is 4. The monoisotopic (exact) mass is 1640 g/mol. The molecular formula is C98H170N20O. The zero-order valence-corrected chi connectivity index (χ0v) is 78.2. The third-order valence-corrected chi connectivity index (χ3v) is 26.0. The molecule has 12 rings (SSSR count). The highest BCUT2D eigenvalue weighted by atomic mass is 16.5. The first-order chi connectivity index (χ1) is 57.6. The highest BCUT2D eigenvalue weighted by Gasteiger charge is 2.33. The second-order valence-corrected chi connectivity index (χ2v) is 37.6. The minimum absolute atomic E-state index is 0.543. The van der Waals surface area contributed by atoms with Gasteiger partial charge in [0.15, 0.2) is 0 Å². The fourth-order valence-electron chi connectivity index (χ4n) is 18.9. The topological polar surface area (TPSA) is 185 Å². The van der Waals surface area contributed by atoms with E-state index in [1.54, 1.807) is 0 Å². The number of hydrogen-bond acceptors (Lipinski definition) is 16. The Bertz CT molecular complexity index is 3650. The zero-order valence-electron chi connectivity index (χ0n) is 78.2. The second kappa shape index (κ2) is 53.6. The lowest BCUT2D eigenvalue weighted by molar-refractivity contribution is 0.00718. The van der Waals surface area contributed by atoms with Crippen LogP contribution < -0.4 is 0 Å². The number of aromatic amines is 5. The molecule has 0 amide bonds. The Morgan fingerprint density at radius 1 is 0.395 bits per heavy atom. The Hall–Kier alpha value is -6.43.